The Morgan fingerprint density at radius 3 is 2.58 bits per heavy atom. The lowest BCUT2D eigenvalue weighted by Crippen LogP contribution is -2.49. The standard InChI is InChI=1S/C17H29NO/c1-17(2)10-9-14(16(17)19)12-18-11-5-7-13-6-3-4-8-15(13)18/h13-15H,3-12H2,1-2H3/t13-,14?,15-/m1/s1. The first-order chi connectivity index (χ1) is 9.08. The van der Waals surface area contributed by atoms with E-state index in [0.717, 1.165) is 31.3 Å². The fourth-order valence-electron chi connectivity index (χ4n) is 4.75. The van der Waals surface area contributed by atoms with Gasteiger partial charge in [0.25, 0.3) is 0 Å². The summed E-state index contributed by atoms with van der Waals surface area (Å²) in [5, 5.41) is 0. The molecule has 3 atom stereocenters. The van der Waals surface area contributed by atoms with Crippen molar-refractivity contribution in [2.45, 2.75) is 71.3 Å². The Labute approximate surface area is 117 Å². The van der Waals surface area contributed by atoms with Gasteiger partial charge in [0.15, 0.2) is 0 Å². The number of carbonyl (C=O) groups excluding carboxylic acids is 1. The minimum atomic E-state index is -0.0492. The van der Waals surface area contributed by atoms with Gasteiger partial charge in [0.1, 0.15) is 5.78 Å². The maximum atomic E-state index is 12.4. The molecule has 2 nitrogen and oxygen atoms in total. The van der Waals surface area contributed by atoms with E-state index in [2.05, 4.69) is 18.7 Å². The Bertz CT molecular complexity index is 347. The Morgan fingerprint density at radius 1 is 1.11 bits per heavy atom. The lowest BCUT2D eigenvalue weighted by molar-refractivity contribution is -0.128. The topological polar surface area (TPSA) is 20.3 Å². The third-order valence-corrected chi connectivity index (χ3v) is 5.97. The summed E-state index contributed by atoms with van der Waals surface area (Å²) in [6.07, 6.45) is 10.7. The van der Waals surface area contributed by atoms with Gasteiger partial charge in [-0.2, -0.15) is 0 Å². The zero-order valence-electron chi connectivity index (χ0n) is 12.7. The Hall–Kier alpha value is -0.370. The molecule has 3 aliphatic rings. The van der Waals surface area contributed by atoms with E-state index in [1.54, 1.807) is 0 Å². The predicted octanol–water partition coefficient (Wildman–Crippen LogP) is 3.65. The van der Waals surface area contributed by atoms with Crippen LogP contribution in [-0.4, -0.2) is 29.8 Å². The van der Waals surface area contributed by atoms with Crippen LogP contribution < -0.4 is 0 Å². The summed E-state index contributed by atoms with van der Waals surface area (Å²) in [6.45, 7) is 6.57. The van der Waals surface area contributed by atoms with Gasteiger partial charge >= 0.3 is 0 Å². The molecule has 0 aromatic carbocycles. The predicted molar refractivity (Wildman–Crippen MR) is 78.1 cm³/mol. The van der Waals surface area contributed by atoms with Crippen LogP contribution >= 0.6 is 0 Å². The molecule has 0 aromatic rings. The Morgan fingerprint density at radius 2 is 1.84 bits per heavy atom. The van der Waals surface area contributed by atoms with Crippen LogP contribution in [0.4, 0.5) is 0 Å². The molecule has 2 heteroatoms. The van der Waals surface area contributed by atoms with Crippen molar-refractivity contribution in [2.75, 3.05) is 13.1 Å². The van der Waals surface area contributed by atoms with Crippen LogP contribution in [0.1, 0.15) is 65.2 Å². The molecular weight excluding hydrogens is 234 g/mol. The second kappa shape index (κ2) is 5.20. The summed E-state index contributed by atoms with van der Waals surface area (Å²) in [7, 11) is 0. The van der Waals surface area contributed by atoms with Gasteiger partial charge < -0.3 is 0 Å². The van der Waals surface area contributed by atoms with E-state index in [1.807, 2.05) is 0 Å². The number of likely N-dealkylation sites (tertiary alicyclic amines) is 1. The third-order valence-electron chi connectivity index (χ3n) is 5.97. The van der Waals surface area contributed by atoms with Crippen molar-refractivity contribution in [3.63, 3.8) is 0 Å². The largest absolute Gasteiger partial charge is 0.299 e. The van der Waals surface area contributed by atoms with Crippen molar-refractivity contribution in [1.82, 2.24) is 4.90 Å². The van der Waals surface area contributed by atoms with Gasteiger partial charge in [-0.1, -0.05) is 26.7 Å². The molecule has 0 bridgehead atoms. The van der Waals surface area contributed by atoms with Crippen LogP contribution in [0.2, 0.25) is 0 Å². The third kappa shape index (κ3) is 2.61. The molecule has 108 valence electrons. The van der Waals surface area contributed by atoms with Crippen molar-refractivity contribution >= 4 is 5.78 Å². The number of hydrogen-bond donors (Lipinski definition) is 0. The maximum absolute atomic E-state index is 12.4. The molecule has 0 N–H and O–H groups in total. The molecule has 1 saturated heterocycles. The van der Waals surface area contributed by atoms with Crippen LogP contribution in [0, 0.1) is 17.3 Å². The summed E-state index contributed by atoms with van der Waals surface area (Å²) in [5.41, 5.74) is -0.0492. The number of ketones is 1. The van der Waals surface area contributed by atoms with Gasteiger partial charge in [-0.3, -0.25) is 9.69 Å². The Balaban J connectivity index is 1.64. The normalized spacial score (nSPS) is 39.3. The molecule has 19 heavy (non-hydrogen) atoms. The number of nitrogens with zero attached hydrogens (tertiary/aromatic N) is 1. The smallest absolute Gasteiger partial charge is 0.142 e. The molecule has 2 aliphatic carbocycles. The van der Waals surface area contributed by atoms with E-state index < -0.39 is 0 Å². The molecule has 2 saturated carbocycles. The first kappa shape index (κ1) is 13.6. The number of Topliss-reactive ketones (excluding diaryl/α,β-unsaturated/α-hetero) is 1. The fourth-order valence-corrected chi connectivity index (χ4v) is 4.75. The molecular formula is C17H29NO. The highest BCUT2D eigenvalue weighted by Gasteiger charge is 2.42. The maximum Gasteiger partial charge on any atom is 0.142 e. The van der Waals surface area contributed by atoms with Crippen molar-refractivity contribution in [1.29, 1.82) is 0 Å². The highest BCUT2D eigenvalue weighted by molar-refractivity contribution is 5.88. The van der Waals surface area contributed by atoms with E-state index in [0.29, 0.717) is 11.7 Å². The summed E-state index contributed by atoms with van der Waals surface area (Å²) in [5.74, 6) is 1.80. The zero-order chi connectivity index (χ0) is 13.5. The van der Waals surface area contributed by atoms with E-state index in [9.17, 15) is 4.79 Å². The number of hydrogen-bond acceptors (Lipinski definition) is 2. The van der Waals surface area contributed by atoms with Crippen molar-refractivity contribution < 1.29 is 4.79 Å². The molecule has 1 aliphatic heterocycles. The molecule has 1 unspecified atom stereocenters. The van der Waals surface area contributed by atoms with Crippen LogP contribution in [0.25, 0.3) is 0 Å². The van der Waals surface area contributed by atoms with Gasteiger partial charge in [-0.05, 0) is 51.0 Å². The first-order valence-electron chi connectivity index (χ1n) is 8.36. The van der Waals surface area contributed by atoms with E-state index >= 15 is 0 Å². The lowest BCUT2D eigenvalue weighted by atomic mass is 9.78. The lowest BCUT2D eigenvalue weighted by Gasteiger charge is -2.45. The SMILES string of the molecule is CC1(C)CCC(CN2CCC[C@H]3CCCC[C@H]32)C1=O. The minimum Gasteiger partial charge on any atom is -0.299 e. The fraction of sp³-hybridized carbons (Fsp3) is 0.941. The van der Waals surface area contributed by atoms with Gasteiger partial charge in [-0.25, -0.2) is 0 Å². The van der Waals surface area contributed by atoms with Crippen LogP contribution in [0.15, 0.2) is 0 Å². The molecule has 0 radical (unpaired) electrons. The van der Waals surface area contributed by atoms with Crippen molar-refractivity contribution in [2.24, 2.45) is 17.3 Å². The van der Waals surface area contributed by atoms with Crippen LogP contribution in [0.3, 0.4) is 0 Å². The summed E-state index contributed by atoms with van der Waals surface area (Å²) >= 11 is 0. The van der Waals surface area contributed by atoms with Gasteiger partial charge in [0.05, 0.1) is 0 Å². The average Bonchev–Trinajstić information content (AvgIpc) is 2.66. The zero-order valence-corrected chi connectivity index (χ0v) is 12.7. The molecule has 1 heterocycles. The van der Waals surface area contributed by atoms with Crippen LogP contribution in [0.5, 0.6) is 0 Å². The van der Waals surface area contributed by atoms with Gasteiger partial charge in [0, 0.05) is 23.9 Å². The average molecular weight is 263 g/mol. The summed E-state index contributed by atoms with van der Waals surface area (Å²) in [4.78, 5) is 15.1. The Kier molecular flexibility index (Phi) is 3.72. The van der Waals surface area contributed by atoms with Gasteiger partial charge in [0.2, 0.25) is 0 Å². The first-order valence-corrected chi connectivity index (χ1v) is 8.36. The molecule has 0 amide bonds. The molecule has 3 rings (SSSR count). The number of fused-ring (bicyclic) bond motifs is 1. The number of carbonyl (C=O) groups is 1. The monoisotopic (exact) mass is 263 g/mol. The highest BCUT2D eigenvalue weighted by Crippen LogP contribution is 2.40. The van der Waals surface area contributed by atoms with Crippen molar-refractivity contribution in [3.8, 4) is 0 Å². The van der Waals surface area contributed by atoms with Gasteiger partial charge in [-0.15, -0.1) is 0 Å². The second-order valence-corrected chi connectivity index (χ2v) is 7.73. The summed E-state index contributed by atoms with van der Waals surface area (Å²) in [6, 6.07) is 0.805. The van der Waals surface area contributed by atoms with E-state index in [4.69, 9.17) is 0 Å². The second-order valence-electron chi connectivity index (χ2n) is 7.73. The quantitative estimate of drug-likeness (QED) is 0.758. The number of rotatable bonds is 2. The molecule has 0 spiro atoms. The molecule has 0 aromatic heterocycles. The van der Waals surface area contributed by atoms with E-state index in [-0.39, 0.29) is 5.41 Å². The number of piperidine rings is 1. The van der Waals surface area contributed by atoms with Crippen molar-refractivity contribution in [3.05, 3.63) is 0 Å². The molecule has 3 fully saturated rings. The van der Waals surface area contributed by atoms with Crippen LogP contribution in [-0.2, 0) is 4.79 Å². The highest BCUT2D eigenvalue weighted by atomic mass is 16.1. The minimum absolute atomic E-state index is 0.0492. The van der Waals surface area contributed by atoms with E-state index in [1.165, 1.54) is 45.1 Å². The summed E-state index contributed by atoms with van der Waals surface area (Å²) < 4.78 is 0.